The quantitative estimate of drug-likeness (QED) is 0.188. The number of hydrogen-bond acceptors (Lipinski definition) is 4. The summed E-state index contributed by atoms with van der Waals surface area (Å²) in [7, 11) is 0. The summed E-state index contributed by atoms with van der Waals surface area (Å²) in [5.74, 6) is 1.58. The molecule has 7 aromatic carbocycles. The molecule has 0 aliphatic heterocycles. The lowest BCUT2D eigenvalue weighted by molar-refractivity contribution is 1.08. The Balaban J connectivity index is 1.14. The van der Waals surface area contributed by atoms with Gasteiger partial charge in [-0.05, 0) is 71.8 Å². The molecule has 6 heteroatoms. The lowest BCUT2D eigenvalue weighted by atomic mass is 10.0. The summed E-state index contributed by atoms with van der Waals surface area (Å²) in [6.07, 6.45) is 0. The van der Waals surface area contributed by atoms with Crippen LogP contribution >= 0.6 is 11.3 Å². The molecule has 0 bridgehead atoms. The summed E-state index contributed by atoms with van der Waals surface area (Å²) in [5.41, 5.74) is 13.2. The molecule has 0 spiro atoms. The van der Waals surface area contributed by atoms with E-state index >= 15 is 0 Å². The standard InChI is InChI=1S/C45H25N5S/c1-2-10-26(11-3-1)27-18-20-39-32(22-27)29-12-5-9-17-38(29)50(39)45-31-14-4-7-15-35(31)47-44(48-45)28-19-21-40-34(23-28)41-42-33(24-36-43(41)51-25-46-36)30-13-6-8-16-37(30)49(40)42/h1-25H. The largest absolute Gasteiger partial charge is 0.308 e. The fraction of sp³-hybridized carbons (Fsp3) is 0. The van der Waals surface area contributed by atoms with E-state index in [0.29, 0.717) is 5.82 Å². The number of para-hydroxylation sites is 3. The molecule has 0 atom stereocenters. The Hall–Kier alpha value is -6.63. The summed E-state index contributed by atoms with van der Waals surface area (Å²) < 4.78 is 5.95. The maximum Gasteiger partial charge on any atom is 0.162 e. The third kappa shape index (κ3) is 3.66. The first-order chi connectivity index (χ1) is 25.3. The van der Waals surface area contributed by atoms with Crippen molar-refractivity contribution in [2.75, 3.05) is 0 Å². The minimum absolute atomic E-state index is 0.701. The molecule has 12 rings (SSSR count). The molecule has 0 radical (unpaired) electrons. The van der Waals surface area contributed by atoms with E-state index in [-0.39, 0.29) is 0 Å². The van der Waals surface area contributed by atoms with Gasteiger partial charge in [-0.1, -0.05) is 84.9 Å². The second-order valence-electron chi connectivity index (χ2n) is 13.3. The van der Waals surface area contributed by atoms with Gasteiger partial charge in [-0.25, -0.2) is 15.0 Å². The molecule has 0 N–H and O–H groups in total. The number of hydrogen-bond donors (Lipinski definition) is 0. The maximum absolute atomic E-state index is 5.44. The van der Waals surface area contributed by atoms with E-state index in [1.54, 1.807) is 11.3 Å². The molecule has 0 amide bonds. The molecular weight excluding hydrogens is 643 g/mol. The molecule has 0 fully saturated rings. The molecule has 51 heavy (non-hydrogen) atoms. The van der Waals surface area contributed by atoms with Gasteiger partial charge in [-0.15, -0.1) is 11.3 Å². The normalized spacial score (nSPS) is 12.3. The van der Waals surface area contributed by atoms with Gasteiger partial charge in [0.15, 0.2) is 5.82 Å². The summed E-state index contributed by atoms with van der Waals surface area (Å²) in [6.45, 7) is 0. The zero-order valence-electron chi connectivity index (χ0n) is 27.1. The van der Waals surface area contributed by atoms with Crippen molar-refractivity contribution in [1.29, 1.82) is 0 Å². The Kier molecular flexibility index (Phi) is 5.32. The fourth-order valence-corrected chi connectivity index (χ4v) is 9.22. The summed E-state index contributed by atoms with van der Waals surface area (Å²) in [5, 5.41) is 8.33. The average Bonchev–Trinajstić information content (AvgIpc) is 3.96. The Morgan fingerprint density at radius 2 is 1.12 bits per heavy atom. The van der Waals surface area contributed by atoms with Crippen LogP contribution in [0.4, 0.5) is 0 Å². The average molecular weight is 668 g/mol. The van der Waals surface area contributed by atoms with Crippen molar-refractivity contribution < 1.29 is 0 Å². The van der Waals surface area contributed by atoms with Gasteiger partial charge in [0.1, 0.15) is 5.82 Å². The minimum Gasteiger partial charge on any atom is -0.308 e. The first-order valence-corrected chi connectivity index (χ1v) is 18.0. The van der Waals surface area contributed by atoms with Gasteiger partial charge in [-0.3, -0.25) is 4.57 Å². The molecule has 0 saturated carbocycles. The first kappa shape index (κ1) is 27.2. The molecule has 0 aliphatic rings. The van der Waals surface area contributed by atoms with E-state index in [0.717, 1.165) is 38.8 Å². The maximum atomic E-state index is 5.44. The van der Waals surface area contributed by atoms with Crippen LogP contribution in [0.25, 0.3) is 109 Å². The van der Waals surface area contributed by atoms with E-state index in [9.17, 15) is 0 Å². The Morgan fingerprint density at radius 3 is 2.00 bits per heavy atom. The SMILES string of the molecule is c1ccc(-c2ccc3c(c2)c2ccccc2n3-c2nc(-c3ccc4c(c3)c3c5scnc5cc5c6ccccc6n4c53)nc3ccccc23)cc1. The monoisotopic (exact) mass is 667 g/mol. The van der Waals surface area contributed by atoms with E-state index < -0.39 is 0 Å². The molecule has 0 aliphatic carbocycles. The highest BCUT2D eigenvalue weighted by molar-refractivity contribution is 7.18. The first-order valence-electron chi connectivity index (χ1n) is 17.1. The van der Waals surface area contributed by atoms with Crippen LogP contribution < -0.4 is 0 Å². The molecule has 5 nitrogen and oxygen atoms in total. The van der Waals surface area contributed by atoms with Crippen LogP contribution in [-0.2, 0) is 0 Å². The number of benzene rings is 7. The zero-order chi connectivity index (χ0) is 33.2. The Bertz CT molecular complexity index is 3370. The van der Waals surface area contributed by atoms with Gasteiger partial charge in [0, 0.05) is 43.3 Å². The zero-order valence-corrected chi connectivity index (χ0v) is 27.9. The van der Waals surface area contributed by atoms with E-state index in [2.05, 4.69) is 155 Å². The predicted octanol–water partition coefficient (Wildman–Crippen LogP) is 11.8. The highest BCUT2D eigenvalue weighted by atomic mass is 32.1. The molecule has 5 heterocycles. The molecule has 5 aromatic heterocycles. The van der Waals surface area contributed by atoms with Crippen molar-refractivity contribution in [3.8, 4) is 28.3 Å². The summed E-state index contributed by atoms with van der Waals surface area (Å²) in [6, 6.07) is 52.0. The number of thiazole rings is 1. The van der Waals surface area contributed by atoms with Crippen molar-refractivity contribution in [3.63, 3.8) is 0 Å². The van der Waals surface area contributed by atoms with Gasteiger partial charge in [0.25, 0.3) is 0 Å². The molecule has 0 unspecified atom stereocenters. The number of rotatable bonds is 3. The van der Waals surface area contributed by atoms with E-state index in [1.165, 1.54) is 64.7 Å². The Morgan fingerprint density at radius 1 is 0.451 bits per heavy atom. The highest BCUT2D eigenvalue weighted by Crippen LogP contribution is 2.45. The lowest BCUT2D eigenvalue weighted by Crippen LogP contribution is -2.02. The fourth-order valence-electron chi connectivity index (χ4n) is 8.39. The van der Waals surface area contributed by atoms with Crippen molar-refractivity contribution in [3.05, 3.63) is 151 Å². The number of fused-ring (bicyclic) bond motifs is 12. The van der Waals surface area contributed by atoms with Crippen molar-refractivity contribution in [2.24, 2.45) is 0 Å². The predicted molar refractivity (Wildman–Crippen MR) is 213 cm³/mol. The third-order valence-electron chi connectivity index (χ3n) is 10.6. The van der Waals surface area contributed by atoms with Crippen LogP contribution in [0.2, 0.25) is 0 Å². The third-order valence-corrected chi connectivity index (χ3v) is 11.5. The minimum atomic E-state index is 0.701. The van der Waals surface area contributed by atoms with Gasteiger partial charge < -0.3 is 4.40 Å². The van der Waals surface area contributed by atoms with Crippen LogP contribution in [0, 0.1) is 0 Å². The van der Waals surface area contributed by atoms with Gasteiger partial charge in [0.2, 0.25) is 0 Å². The van der Waals surface area contributed by atoms with Crippen molar-refractivity contribution >= 4 is 92.4 Å². The van der Waals surface area contributed by atoms with Crippen LogP contribution in [0.5, 0.6) is 0 Å². The Labute approximate surface area is 294 Å². The highest BCUT2D eigenvalue weighted by Gasteiger charge is 2.23. The second-order valence-corrected chi connectivity index (χ2v) is 14.1. The number of aromatic nitrogens is 5. The lowest BCUT2D eigenvalue weighted by Gasteiger charge is -2.13. The molecular formula is C45H25N5S. The van der Waals surface area contributed by atoms with Crippen LogP contribution in [0.15, 0.2) is 151 Å². The van der Waals surface area contributed by atoms with Crippen molar-refractivity contribution in [1.82, 2.24) is 23.9 Å². The number of nitrogens with zero attached hydrogens (tertiary/aromatic N) is 5. The molecule has 236 valence electrons. The topological polar surface area (TPSA) is 48.0 Å². The smallest absolute Gasteiger partial charge is 0.162 e. The summed E-state index contributed by atoms with van der Waals surface area (Å²) >= 11 is 1.71. The molecule has 12 aromatic rings. The summed E-state index contributed by atoms with van der Waals surface area (Å²) in [4.78, 5) is 15.4. The van der Waals surface area contributed by atoms with Crippen LogP contribution in [-0.4, -0.2) is 23.9 Å². The van der Waals surface area contributed by atoms with Crippen LogP contribution in [0.3, 0.4) is 0 Å². The van der Waals surface area contributed by atoms with Crippen molar-refractivity contribution in [2.45, 2.75) is 0 Å². The molecule has 0 saturated heterocycles. The van der Waals surface area contributed by atoms with Gasteiger partial charge >= 0.3 is 0 Å². The van der Waals surface area contributed by atoms with Crippen LogP contribution in [0.1, 0.15) is 0 Å². The second kappa shape index (κ2) is 9.97. The van der Waals surface area contributed by atoms with Gasteiger partial charge in [0.05, 0.1) is 48.8 Å². The van der Waals surface area contributed by atoms with E-state index in [4.69, 9.17) is 15.0 Å². The van der Waals surface area contributed by atoms with Gasteiger partial charge in [-0.2, -0.15) is 0 Å². The van der Waals surface area contributed by atoms with E-state index in [1.807, 2.05) is 5.51 Å².